The molecule has 9 heteroatoms. The third kappa shape index (κ3) is 3.67. The van der Waals surface area contributed by atoms with Crippen LogP contribution in [0.4, 0.5) is 0 Å². The first-order valence-electron chi connectivity index (χ1n) is 10.8. The summed E-state index contributed by atoms with van der Waals surface area (Å²) in [6.07, 6.45) is 2.24. The molecule has 8 nitrogen and oxygen atoms in total. The minimum Gasteiger partial charge on any atom is -0.492 e. The summed E-state index contributed by atoms with van der Waals surface area (Å²) < 4.78 is 6.82. The van der Waals surface area contributed by atoms with E-state index >= 15 is 0 Å². The van der Waals surface area contributed by atoms with Crippen LogP contribution in [-0.2, 0) is 6.42 Å². The van der Waals surface area contributed by atoms with E-state index in [1.165, 1.54) is 27.7 Å². The van der Waals surface area contributed by atoms with Crippen LogP contribution in [0.5, 0.6) is 5.88 Å². The maximum Gasteiger partial charge on any atom is 0.289 e. The number of amides is 1. The molecule has 0 spiro atoms. The third-order valence-electron chi connectivity index (χ3n) is 5.90. The van der Waals surface area contributed by atoms with Gasteiger partial charge in [-0.1, -0.05) is 48.1 Å². The van der Waals surface area contributed by atoms with Crippen molar-refractivity contribution in [3.05, 3.63) is 70.3 Å². The second-order valence-corrected chi connectivity index (χ2v) is 8.99. The van der Waals surface area contributed by atoms with Gasteiger partial charge >= 0.3 is 0 Å². The lowest BCUT2D eigenvalue weighted by Crippen LogP contribution is -2.49. The Morgan fingerprint density at radius 3 is 2.56 bits per heavy atom. The second kappa shape index (κ2) is 8.40. The average molecular weight is 452 g/mol. The van der Waals surface area contributed by atoms with Crippen molar-refractivity contribution in [2.45, 2.75) is 26.3 Å². The Kier molecular flexibility index (Phi) is 5.44. The van der Waals surface area contributed by atoms with Crippen LogP contribution in [0, 0.1) is 6.92 Å². The highest BCUT2D eigenvalue weighted by atomic mass is 32.1. The van der Waals surface area contributed by atoms with E-state index in [-0.39, 0.29) is 17.8 Å². The number of aromatic nitrogens is 3. The van der Waals surface area contributed by atoms with E-state index in [2.05, 4.69) is 46.2 Å². The molecule has 1 amide bonds. The number of nitrogens with zero attached hydrogens (tertiary/aromatic N) is 5. The number of fused-ring (bicyclic) bond motifs is 1. The van der Waals surface area contributed by atoms with Crippen molar-refractivity contribution in [1.29, 1.82) is 0 Å². The monoisotopic (exact) mass is 451 g/mol. The average Bonchev–Trinajstić information content (AvgIpc) is 3.54. The fourth-order valence-corrected chi connectivity index (χ4v) is 5.27. The van der Waals surface area contributed by atoms with E-state index in [1.54, 1.807) is 12.1 Å². The molecule has 166 valence electrons. The molecule has 1 N–H and O–H groups in total. The quantitative estimate of drug-likeness (QED) is 0.500. The molecule has 4 heterocycles. The lowest BCUT2D eigenvalue weighted by atomic mass is 10.0. The number of rotatable bonds is 5. The van der Waals surface area contributed by atoms with Crippen LogP contribution in [0.15, 0.2) is 47.1 Å². The van der Waals surface area contributed by atoms with Gasteiger partial charge in [0.25, 0.3) is 5.91 Å². The van der Waals surface area contributed by atoms with Crippen LogP contribution in [0.2, 0.25) is 0 Å². The number of aromatic hydroxyl groups is 1. The van der Waals surface area contributed by atoms with Crippen molar-refractivity contribution in [3.8, 4) is 5.88 Å². The number of hydrogen-bond acceptors (Lipinski definition) is 7. The van der Waals surface area contributed by atoms with Crippen LogP contribution in [-0.4, -0.2) is 61.6 Å². The van der Waals surface area contributed by atoms with Gasteiger partial charge in [-0.2, -0.15) is 4.52 Å². The number of hydrogen-bond donors (Lipinski definition) is 1. The summed E-state index contributed by atoms with van der Waals surface area (Å²) in [5.74, 6) is 1.13. The second-order valence-electron chi connectivity index (χ2n) is 7.98. The van der Waals surface area contributed by atoms with E-state index in [1.807, 2.05) is 11.8 Å². The standard InChI is InChI=1S/C23H25N5O3S/c1-3-18-24-23-28(25-18)22(30)20(32-23)19(16-8-6-15(2)7-9-16)26-10-12-27(13-11-26)21(29)17-5-4-14-31-17/h4-9,14,19,30H,3,10-13H2,1-2H3/t19-/m1/s1. The molecule has 0 saturated carbocycles. The van der Waals surface area contributed by atoms with Crippen molar-refractivity contribution in [2.24, 2.45) is 0 Å². The molecule has 1 aliphatic heterocycles. The third-order valence-corrected chi connectivity index (χ3v) is 6.97. The highest BCUT2D eigenvalue weighted by molar-refractivity contribution is 7.17. The molecule has 3 aromatic heterocycles. The first-order valence-corrected chi connectivity index (χ1v) is 11.6. The van der Waals surface area contributed by atoms with Crippen molar-refractivity contribution < 1.29 is 14.3 Å². The number of aryl methyl sites for hydroxylation is 2. The van der Waals surface area contributed by atoms with Crippen LogP contribution in [0.1, 0.15) is 45.3 Å². The van der Waals surface area contributed by atoms with Gasteiger partial charge in [-0.25, -0.2) is 4.98 Å². The van der Waals surface area contributed by atoms with Gasteiger partial charge in [-0.3, -0.25) is 9.69 Å². The fourth-order valence-electron chi connectivity index (χ4n) is 4.13. The van der Waals surface area contributed by atoms with Gasteiger partial charge in [-0.05, 0) is 24.6 Å². The normalized spacial score (nSPS) is 16.0. The number of thiazole rings is 1. The Morgan fingerprint density at radius 2 is 1.94 bits per heavy atom. The Morgan fingerprint density at radius 1 is 1.19 bits per heavy atom. The van der Waals surface area contributed by atoms with Crippen molar-refractivity contribution in [3.63, 3.8) is 0 Å². The van der Waals surface area contributed by atoms with Crippen molar-refractivity contribution in [1.82, 2.24) is 24.4 Å². The largest absolute Gasteiger partial charge is 0.492 e. The molecule has 5 rings (SSSR count). The van der Waals surface area contributed by atoms with E-state index in [9.17, 15) is 9.90 Å². The lowest BCUT2D eigenvalue weighted by Gasteiger charge is -2.38. The summed E-state index contributed by atoms with van der Waals surface area (Å²) in [5, 5.41) is 15.5. The molecule has 0 unspecified atom stereocenters. The number of piperazine rings is 1. The summed E-state index contributed by atoms with van der Waals surface area (Å²) in [6.45, 7) is 6.59. The number of carbonyl (C=O) groups excluding carboxylic acids is 1. The van der Waals surface area contributed by atoms with Crippen LogP contribution >= 0.6 is 11.3 Å². The van der Waals surface area contributed by atoms with Crippen molar-refractivity contribution in [2.75, 3.05) is 26.2 Å². The molecule has 1 aromatic carbocycles. The topological polar surface area (TPSA) is 87.1 Å². The zero-order valence-corrected chi connectivity index (χ0v) is 18.9. The molecule has 32 heavy (non-hydrogen) atoms. The lowest BCUT2D eigenvalue weighted by molar-refractivity contribution is 0.0568. The van der Waals surface area contributed by atoms with Gasteiger partial charge in [0.15, 0.2) is 11.6 Å². The molecule has 1 fully saturated rings. The smallest absolute Gasteiger partial charge is 0.289 e. The number of benzene rings is 1. The molecular formula is C23H25N5O3S. The Balaban J connectivity index is 1.45. The minimum absolute atomic E-state index is 0.0877. The highest BCUT2D eigenvalue weighted by Crippen LogP contribution is 2.40. The molecular weight excluding hydrogens is 426 g/mol. The van der Waals surface area contributed by atoms with Crippen LogP contribution < -0.4 is 0 Å². The molecule has 1 atom stereocenters. The summed E-state index contributed by atoms with van der Waals surface area (Å²) in [4.78, 5) is 22.8. The van der Waals surface area contributed by atoms with Gasteiger partial charge in [-0.15, -0.1) is 5.10 Å². The Bertz CT molecular complexity index is 1220. The summed E-state index contributed by atoms with van der Waals surface area (Å²) >= 11 is 1.47. The summed E-state index contributed by atoms with van der Waals surface area (Å²) in [7, 11) is 0. The Hall–Kier alpha value is -3.17. The van der Waals surface area contributed by atoms with E-state index in [0.717, 1.165) is 22.7 Å². The van der Waals surface area contributed by atoms with E-state index < -0.39 is 0 Å². The molecule has 0 radical (unpaired) electrons. The van der Waals surface area contributed by atoms with Gasteiger partial charge < -0.3 is 14.4 Å². The maximum atomic E-state index is 12.7. The number of furan rings is 1. The SMILES string of the molecule is CCc1nc2sc([C@@H](c3ccc(C)cc3)N3CCN(C(=O)c4ccco4)CC3)c(O)n2n1. The van der Waals surface area contributed by atoms with E-state index in [4.69, 9.17) is 4.42 Å². The maximum absolute atomic E-state index is 12.7. The Labute approximate surface area is 189 Å². The molecule has 1 saturated heterocycles. The summed E-state index contributed by atoms with van der Waals surface area (Å²) in [5.41, 5.74) is 2.28. The molecule has 0 aliphatic carbocycles. The summed E-state index contributed by atoms with van der Waals surface area (Å²) in [6, 6.07) is 11.7. The van der Waals surface area contributed by atoms with E-state index in [0.29, 0.717) is 36.9 Å². The molecule has 0 bridgehead atoms. The van der Waals surface area contributed by atoms with Gasteiger partial charge in [0.1, 0.15) is 0 Å². The first-order chi connectivity index (χ1) is 15.5. The number of carbonyl (C=O) groups is 1. The van der Waals surface area contributed by atoms with Crippen LogP contribution in [0.3, 0.4) is 0 Å². The predicted molar refractivity (Wildman–Crippen MR) is 121 cm³/mol. The fraction of sp³-hybridized carbons (Fsp3) is 0.348. The van der Waals surface area contributed by atoms with Gasteiger partial charge in [0.2, 0.25) is 10.8 Å². The molecule has 1 aliphatic rings. The zero-order chi connectivity index (χ0) is 22.2. The predicted octanol–water partition coefficient (Wildman–Crippen LogP) is 3.51. The minimum atomic E-state index is -0.143. The molecule has 4 aromatic rings. The first kappa shape index (κ1) is 20.7. The van der Waals surface area contributed by atoms with Gasteiger partial charge in [0, 0.05) is 32.6 Å². The van der Waals surface area contributed by atoms with Crippen molar-refractivity contribution >= 4 is 22.2 Å². The van der Waals surface area contributed by atoms with Gasteiger partial charge in [0.05, 0.1) is 17.2 Å². The van der Waals surface area contributed by atoms with Crippen LogP contribution in [0.25, 0.3) is 4.96 Å². The highest BCUT2D eigenvalue weighted by Gasteiger charge is 2.33. The zero-order valence-electron chi connectivity index (χ0n) is 18.1.